The lowest BCUT2D eigenvalue weighted by Gasteiger charge is -2.18. The maximum Gasteiger partial charge on any atom is 0.341 e. The van der Waals surface area contributed by atoms with Crippen molar-refractivity contribution in [2.24, 2.45) is 11.0 Å². The molecule has 1 atom stereocenters. The third kappa shape index (κ3) is 5.70. The molecule has 0 aliphatic heterocycles. The Bertz CT molecular complexity index is 1080. The van der Waals surface area contributed by atoms with Gasteiger partial charge in [-0.25, -0.2) is 10.2 Å². The van der Waals surface area contributed by atoms with E-state index in [1.54, 1.807) is 25.1 Å². The van der Waals surface area contributed by atoms with E-state index in [4.69, 9.17) is 14.2 Å². The highest BCUT2D eigenvalue weighted by molar-refractivity contribution is 7.17. The van der Waals surface area contributed by atoms with Gasteiger partial charge in [-0.05, 0) is 61.4 Å². The van der Waals surface area contributed by atoms with E-state index in [2.05, 4.69) is 22.8 Å². The molecule has 0 saturated carbocycles. The van der Waals surface area contributed by atoms with E-state index in [0.29, 0.717) is 33.5 Å². The lowest BCUT2D eigenvalue weighted by atomic mass is 9.88. The van der Waals surface area contributed by atoms with E-state index in [1.165, 1.54) is 31.8 Å². The van der Waals surface area contributed by atoms with Gasteiger partial charge < -0.3 is 19.5 Å². The summed E-state index contributed by atoms with van der Waals surface area (Å²) >= 11 is 1.32. The number of rotatable bonds is 7. The fourth-order valence-corrected chi connectivity index (χ4v) is 4.96. The average molecular weight is 474 g/mol. The number of carbonyl (C=O) groups excluding carboxylic acids is 3. The zero-order chi connectivity index (χ0) is 24.0. The molecule has 1 aromatic carbocycles. The van der Waals surface area contributed by atoms with Crippen molar-refractivity contribution in [3.8, 4) is 11.5 Å². The van der Waals surface area contributed by atoms with Gasteiger partial charge in [0.15, 0.2) is 11.5 Å². The third-order valence-corrected chi connectivity index (χ3v) is 6.38. The van der Waals surface area contributed by atoms with Gasteiger partial charge in [0.05, 0.1) is 32.6 Å². The first kappa shape index (κ1) is 24.2. The summed E-state index contributed by atoms with van der Waals surface area (Å²) in [4.78, 5) is 38.3. The molecule has 1 aliphatic rings. The quantitative estimate of drug-likeness (QED) is 0.276. The predicted octanol–water partition coefficient (Wildman–Crippen LogP) is 3.16. The number of amides is 2. The van der Waals surface area contributed by atoms with Crippen molar-refractivity contribution < 1.29 is 28.6 Å². The number of hydrogen-bond acceptors (Lipinski definition) is 8. The van der Waals surface area contributed by atoms with Crippen LogP contribution in [0.1, 0.15) is 46.6 Å². The molecule has 176 valence electrons. The van der Waals surface area contributed by atoms with Crippen LogP contribution in [0.3, 0.4) is 0 Å². The largest absolute Gasteiger partial charge is 0.493 e. The van der Waals surface area contributed by atoms with Gasteiger partial charge in [0.2, 0.25) is 0 Å². The van der Waals surface area contributed by atoms with Gasteiger partial charge >= 0.3 is 17.8 Å². The number of fused-ring (bicyclic) bond motifs is 1. The average Bonchev–Trinajstić information content (AvgIpc) is 3.15. The van der Waals surface area contributed by atoms with Crippen molar-refractivity contribution in [2.75, 3.05) is 26.1 Å². The number of nitrogens with zero attached hydrogens (tertiary/aromatic N) is 1. The fraction of sp³-hybridized carbons (Fsp3) is 0.391. The molecule has 2 amide bonds. The highest BCUT2D eigenvalue weighted by Crippen LogP contribution is 2.40. The van der Waals surface area contributed by atoms with Crippen LogP contribution in [0.25, 0.3) is 0 Å². The van der Waals surface area contributed by atoms with Crippen LogP contribution in [-0.4, -0.2) is 44.8 Å². The first-order chi connectivity index (χ1) is 15.9. The van der Waals surface area contributed by atoms with E-state index < -0.39 is 17.8 Å². The van der Waals surface area contributed by atoms with E-state index in [9.17, 15) is 14.4 Å². The Kier molecular flexibility index (Phi) is 8.05. The maximum absolute atomic E-state index is 12.5. The summed E-state index contributed by atoms with van der Waals surface area (Å²) in [5, 5.41) is 6.72. The van der Waals surface area contributed by atoms with Crippen LogP contribution in [0.15, 0.2) is 23.3 Å². The van der Waals surface area contributed by atoms with Gasteiger partial charge in [0.25, 0.3) is 0 Å². The molecule has 2 N–H and O–H groups in total. The first-order valence-electron chi connectivity index (χ1n) is 10.6. The molecule has 1 aliphatic carbocycles. The number of hydrazone groups is 1. The molecule has 1 heterocycles. The number of nitrogens with one attached hydrogen (secondary N) is 2. The normalized spacial score (nSPS) is 15.0. The van der Waals surface area contributed by atoms with Gasteiger partial charge in [0, 0.05) is 4.88 Å². The number of hydrogen-bond donors (Lipinski definition) is 2. The number of carbonyl (C=O) groups is 3. The number of ether oxygens (including phenoxy) is 3. The minimum atomic E-state index is -0.957. The van der Waals surface area contributed by atoms with Crippen LogP contribution in [0, 0.1) is 5.92 Å². The second-order valence-electron chi connectivity index (χ2n) is 7.54. The molecule has 0 saturated heterocycles. The van der Waals surface area contributed by atoms with Crippen LogP contribution >= 0.6 is 11.3 Å². The zero-order valence-corrected chi connectivity index (χ0v) is 19.8. The van der Waals surface area contributed by atoms with Crippen molar-refractivity contribution in [2.45, 2.75) is 33.1 Å². The van der Waals surface area contributed by atoms with Gasteiger partial charge in [-0.15, -0.1) is 11.3 Å². The summed E-state index contributed by atoms with van der Waals surface area (Å²) in [5.41, 5.74) is 4.08. The Labute approximate surface area is 196 Å². The summed E-state index contributed by atoms with van der Waals surface area (Å²) in [5.74, 6) is -0.815. The summed E-state index contributed by atoms with van der Waals surface area (Å²) in [6.45, 7) is 4.09. The number of esters is 1. The Hall–Kier alpha value is -3.40. The number of anilines is 1. The summed E-state index contributed by atoms with van der Waals surface area (Å²) in [6, 6.07) is 5.10. The molecule has 33 heavy (non-hydrogen) atoms. The molecule has 0 spiro atoms. The lowest BCUT2D eigenvalue weighted by molar-refractivity contribution is -0.136. The van der Waals surface area contributed by atoms with E-state index in [0.717, 1.165) is 29.7 Å². The van der Waals surface area contributed by atoms with E-state index in [-0.39, 0.29) is 6.61 Å². The van der Waals surface area contributed by atoms with Crippen molar-refractivity contribution in [1.29, 1.82) is 0 Å². The van der Waals surface area contributed by atoms with Gasteiger partial charge in [-0.2, -0.15) is 5.10 Å². The summed E-state index contributed by atoms with van der Waals surface area (Å²) in [7, 11) is 3.04. The topological polar surface area (TPSA) is 115 Å². The minimum Gasteiger partial charge on any atom is -0.493 e. The smallest absolute Gasteiger partial charge is 0.341 e. The van der Waals surface area contributed by atoms with E-state index >= 15 is 0 Å². The number of benzene rings is 1. The van der Waals surface area contributed by atoms with Crippen LogP contribution in [0.5, 0.6) is 11.5 Å². The van der Waals surface area contributed by atoms with E-state index in [1.807, 2.05) is 0 Å². The Morgan fingerprint density at radius 2 is 1.94 bits per heavy atom. The highest BCUT2D eigenvalue weighted by atomic mass is 32.1. The second-order valence-corrected chi connectivity index (χ2v) is 8.65. The molecule has 2 aromatic rings. The molecule has 3 rings (SSSR count). The molecule has 0 fully saturated rings. The highest BCUT2D eigenvalue weighted by Gasteiger charge is 2.30. The van der Waals surface area contributed by atoms with Crippen molar-refractivity contribution in [1.82, 2.24) is 5.43 Å². The van der Waals surface area contributed by atoms with Crippen LogP contribution in [0.2, 0.25) is 0 Å². The lowest BCUT2D eigenvalue weighted by Crippen LogP contribution is -2.32. The third-order valence-electron chi connectivity index (χ3n) is 5.21. The molecule has 1 unspecified atom stereocenters. The molecular formula is C23H27N3O6S. The molecule has 9 nitrogen and oxygen atoms in total. The van der Waals surface area contributed by atoms with Crippen molar-refractivity contribution in [3.05, 3.63) is 39.8 Å². The molecule has 1 aromatic heterocycles. The Balaban J connectivity index is 1.70. The fourth-order valence-electron chi connectivity index (χ4n) is 3.57. The van der Waals surface area contributed by atoms with Gasteiger partial charge in [0.1, 0.15) is 5.00 Å². The maximum atomic E-state index is 12.5. The zero-order valence-electron chi connectivity index (χ0n) is 19.0. The summed E-state index contributed by atoms with van der Waals surface area (Å²) in [6.07, 6.45) is 3.89. The molecular weight excluding hydrogens is 446 g/mol. The molecule has 0 bridgehead atoms. The molecule has 10 heteroatoms. The second kappa shape index (κ2) is 11.0. The summed E-state index contributed by atoms with van der Waals surface area (Å²) < 4.78 is 15.6. The standard InChI is InChI=1S/C23H27N3O6S/c1-5-32-23(29)19-15-8-6-13(2)10-18(15)33-22(19)25-20(27)21(28)26-24-12-14-7-9-16(30-3)17(11-14)31-4/h7,9,11-13H,5-6,8,10H2,1-4H3,(H,25,27)(H,26,28). The predicted molar refractivity (Wildman–Crippen MR) is 125 cm³/mol. The number of thiophene rings is 1. The van der Waals surface area contributed by atoms with Crippen LogP contribution in [0.4, 0.5) is 5.00 Å². The monoisotopic (exact) mass is 473 g/mol. The van der Waals surface area contributed by atoms with Gasteiger partial charge in [-0.3, -0.25) is 9.59 Å². The Morgan fingerprint density at radius 1 is 1.18 bits per heavy atom. The molecule has 0 radical (unpaired) electrons. The van der Waals surface area contributed by atoms with Crippen LogP contribution < -0.4 is 20.2 Å². The van der Waals surface area contributed by atoms with Crippen LogP contribution in [-0.2, 0) is 27.2 Å². The minimum absolute atomic E-state index is 0.221. The first-order valence-corrected chi connectivity index (χ1v) is 11.4. The van der Waals surface area contributed by atoms with Crippen molar-refractivity contribution >= 4 is 40.3 Å². The van der Waals surface area contributed by atoms with Gasteiger partial charge in [-0.1, -0.05) is 6.92 Å². The van der Waals surface area contributed by atoms with Crippen molar-refractivity contribution in [3.63, 3.8) is 0 Å². The Morgan fingerprint density at radius 3 is 2.64 bits per heavy atom. The SMILES string of the molecule is CCOC(=O)c1c(NC(=O)C(=O)NN=Cc2ccc(OC)c(OC)c2)sc2c1CCC(C)C2. The number of methoxy groups -OCH3 is 2.